The molecule has 0 saturated heterocycles. The Bertz CT molecular complexity index is 274. The van der Waals surface area contributed by atoms with Crippen molar-refractivity contribution in [3.63, 3.8) is 0 Å². The lowest BCUT2D eigenvalue weighted by Gasteiger charge is -2.23. The maximum atomic E-state index is 11.3. The second-order valence-electron chi connectivity index (χ2n) is 3.64. The third kappa shape index (κ3) is 3.56. The van der Waals surface area contributed by atoms with Gasteiger partial charge in [-0.2, -0.15) is 5.26 Å². The number of amidine groups is 1. The molecule has 14 heavy (non-hydrogen) atoms. The first-order valence-electron chi connectivity index (χ1n) is 4.67. The van der Waals surface area contributed by atoms with Crippen molar-refractivity contribution in [2.75, 3.05) is 0 Å². The number of hydrogen-bond donors (Lipinski definition) is 0. The first-order chi connectivity index (χ1) is 6.40. The maximum Gasteiger partial charge on any atom is 0.225 e. The van der Waals surface area contributed by atoms with E-state index in [0.29, 0.717) is 0 Å². The second-order valence-corrected chi connectivity index (χ2v) is 3.64. The van der Waals surface area contributed by atoms with Crippen LogP contribution in [0.2, 0.25) is 0 Å². The number of carbonyl (C=O) groups excluding carboxylic acids is 1. The molecule has 0 unspecified atom stereocenters. The van der Waals surface area contributed by atoms with E-state index in [4.69, 9.17) is 5.26 Å². The maximum absolute atomic E-state index is 11.3. The first-order valence-corrected chi connectivity index (χ1v) is 4.67. The number of hydrogen-bond acceptors (Lipinski definition) is 3. The Morgan fingerprint density at radius 2 is 1.86 bits per heavy atom. The summed E-state index contributed by atoms with van der Waals surface area (Å²) >= 11 is 0. The van der Waals surface area contributed by atoms with Gasteiger partial charge in [-0.3, -0.25) is 14.7 Å². The molecule has 0 bridgehead atoms. The lowest BCUT2D eigenvalue weighted by molar-refractivity contribution is -0.126. The predicted octanol–water partition coefficient (Wildman–Crippen LogP) is 1.57. The van der Waals surface area contributed by atoms with E-state index in [1.807, 2.05) is 33.8 Å². The van der Waals surface area contributed by atoms with Crippen LogP contribution in [0.25, 0.3) is 0 Å². The monoisotopic (exact) mass is 195 g/mol. The zero-order chi connectivity index (χ0) is 11.3. The largest absolute Gasteiger partial charge is 0.286 e. The number of amides is 1. The van der Waals surface area contributed by atoms with Crippen molar-refractivity contribution in [1.29, 1.82) is 5.26 Å². The SMILES string of the molecule is CC(=O)N(C(C#N)=NC(C)C)C(C)C. The number of rotatable bonds is 2. The molecule has 0 N–H and O–H groups in total. The van der Waals surface area contributed by atoms with E-state index in [1.165, 1.54) is 11.8 Å². The highest BCUT2D eigenvalue weighted by Crippen LogP contribution is 2.02. The molecular formula is C10H17N3O. The molecule has 0 radical (unpaired) electrons. The molecule has 0 fully saturated rings. The molecule has 0 heterocycles. The van der Waals surface area contributed by atoms with Gasteiger partial charge in [0.25, 0.3) is 0 Å². The van der Waals surface area contributed by atoms with Crippen LogP contribution in [0.15, 0.2) is 4.99 Å². The fourth-order valence-electron chi connectivity index (χ4n) is 1.15. The fourth-order valence-corrected chi connectivity index (χ4v) is 1.15. The molecule has 4 heteroatoms. The Morgan fingerprint density at radius 3 is 2.07 bits per heavy atom. The van der Waals surface area contributed by atoms with E-state index >= 15 is 0 Å². The molecule has 0 atom stereocenters. The minimum atomic E-state index is -0.152. The van der Waals surface area contributed by atoms with Gasteiger partial charge in [-0.15, -0.1) is 0 Å². The molecule has 0 aromatic rings. The van der Waals surface area contributed by atoms with Crippen molar-refractivity contribution in [3.8, 4) is 6.07 Å². The van der Waals surface area contributed by atoms with Crippen molar-refractivity contribution in [2.45, 2.75) is 46.7 Å². The van der Waals surface area contributed by atoms with Crippen LogP contribution < -0.4 is 0 Å². The van der Waals surface area contributed by atoms with Crippen LogP contribution in [0.5, 0.6) is 0 Å². The molecular weight excluding hydrogens is 178 g/mol. The molecule has 4 nitrogen and oxygen atoms in total. The van der Waals surface area contributed by atoms with Gasteiger partial charge in [-0.25, -0.2) is 0 Å². The minimum absolute atomic E-state index is 0.0187. The van der Waals surface area contributed by atoms with Gasteiger partial charge in [0.05, 0.1) is 0 Å². The number of carbonyl (C=O) groups is 1. The van der Waals surface area contributed by atoms with Crippen molar-refractivity contribution in [1.82, 2.24) is 4.90 Å². The standard InChI is InChI=1S/C10H17N3O/c1-7(2)12-10(6-11)13(8(3)4)9(5)14/h7-8H,1-5H3. The van der Waals surface area contributed by atoms with Crippen LogP contribution in [0, 0.1) is 11.3 Å². The Balaban J connectivity index is 4.99. The highest BCUT2D eigenvalue weighted by molar-refractivity contribution is 6.06. The first kappa shape index (κ1) is 12.6. The van der Waals surface area contributed by atoms with E-state index in [9.17, 15) is 4.79 Å². The molecule has 0 rings (SSSR count). The summed E-state index contributed by atoms with van der Waals surface area (Å²) in [5.74, 6) is 0.0449. The van der Waals surface area contributed by atoms with Crippen LogP contribution in [-0.4, -0.2) is 28.7 Å². The number of nitrogens with zero attached hydrogens (tertiary/aromatic N) is 3. The minimum Gasteiger partial charge on any atom is -0.286 e. The van der Waals surface area contributed by atoms with Crippen molar-refractivity contribution in [2.24, 2.45) is 4.99 Å². The lowest BCUT2D eigenvalue weighted by Crippen LogP contribution is -2.40. The normalized spacial score (nSPS) is 11.7. The molecule has 0 saturated carbocycles. The summed E-state index contributed by atoms with van der Waals surface area (Å²) in [4.78, 5) is 16.8. The van der Waals surface area contributed by atoms with E-state index in [2.05, 4.69) is 4.99 Å². The summed E-state index contributed by atoms with van der Waals surface area (Å²) in [6.45, 7) is 8.89. The summed E-state index contributed by atoms with van der Waals surface area (Å²) in [6, 6.07) is 1.93. The van der Waals surface area contributed by atoms with Gasteiger partial charge in [0.15, 0.2) is 0 Å². The Morgan fingerprint density at radius 1 is 1.36 bits per heavy atom. The topological polar surface area (TPSA) is 56.5 Å². The van der Waals surface area contributed by atoms with Crippen LogP contribution >= 0.6 is 0 Å². The van der Waals surface area contributed by atoms with Gasteiger partial charge >= 0.3 is 0 Å². The van der Waals surface area contributed by atoms with Crippen LogP contribution in [-0.2, 0) is 4.79 Å². The fraction of sp³-hybridized carbons (Fsp3) is 0.700. The highest BCUT2D eigenvalue weighted by Gasteiger charge is 2.18. The Hall–Kier alpha value is -1.37. The van der Waals surface area contributed by atoms with Gasteiger partial charge in [-0.05, 0) is 27.7 Å². The van der Waals surface area contributed by atoms with E-state index < -0.39 is 0 Å². The van der Waals surface area contributed by atoms with Gasteiger partial charge < -0.3 is 0 Å². The zero-order valence-electron chi connectivity index (χ0n) is 9.40. The average Bonchev–Trinajstić information content (AvgIpc) is 2.00. The van der Waals surface area contributed by atoms with Crippen LogP contribution in [0.4, 0.5) is 0 Å². The highest BCUT2D eigenvalue weighted by atomic mass is 16.2. The Labute approximate surface area is 85.2 Å². The molecule has 0 aromatic carbocycles. The summed E-state index contributed by atoms with van der Waals surface area (Å²) in [6.07, 6.45) is 0. The lowest BCUT2D eigenvalue weighted by atomic mass is 10.3. The van der Waals surface area contributed by atoms with E-state index in [0.717, 1.165) is 0 Å². The zero-order valence-corrected chi connectivity index (χ0v) is 9.40. The van der Waals surface area contributed by atoms with E-state index in [-0.39, 0.29) is 23.8 Å². The van der Waals surface area contributed by atoms with Crippen molar-refractivity contribution >= 4 is 11.7 Å². The average molecular weight is 195 g/mol. The van der Waals surface area contributed by atoms with Crippen LogP contribution in [0.1, 0.15) is 34.6 Å². The number of aliphatic imine (C=N–C) groups is 1. The van der Waals surface area contributed by atoms with Gasteiger partial charge in [-0.1, -0.05) is 0 Å². The van der Waals surface area contributed by atoms with Crippen molar-refractivity contribution in [3.05, 3.63) is 0 Å². The summed E-state index contributed by atoms with van der Waals surface area (Å²) in [5, 5.41) is 8.87. The molecule has 0 aliphatic rings. The van der Waals surface area contributed by atoms with Gasteiger partial charge in [0.1, 0.15) is 6.07 Å². The molecule has 0 spiro atoms. The molecule has 0 aromatic heterocycles. The summed E-state index contributed by atoms with van der Waals surface area (Å²) in [7, 11) is 0. The van der Waals surface area contributed by atoms with Crippen molar-refractivity contribution < 1.29 is 4.79 Å². The smallest absolute Gasteiger partial charge is 0.225 e. The molecule has 1 amide bonds. The second kappa shape index (κ2) is 5.38. The predicted molar refractivity (Wildman–Crippen MR) is 55.8 cm³/mol. The van der Waals surface area contributed by atoms with Gasteiger partial charge in [0.2, 0.25) is 11.7 Å². The molecule has 78 valence electrons. The Kier molecular flexibility index (Phi) is 4.85. The third-order valence-electron chi connectivity index (χ3n) is 1.56. The number of nitriles is 1. The summed E-state index contributed by atoms with van der Waals surface area (Å²) < 4.78 is 0. The van der Waals surface area contributed by atoms with E-state index in [1.54, 1.807) is 0 Å². The quantitative estimate of drug-likeness (QED) is 0.496. The third-order valence-corrected chi connectivity index (χ3v) is 1.56. The molecule has 0 aliphatic heterocycles. The molecule has 0 aliphatic carbocycles. The summed E-state index contributed by atoms with van der Waals surface area (Å²) in [5.41, 5.74) is 0. The van der Waals surface area contributed by atoms with Crippen LogP contribution in [0.3, 0.4) is 0 Å². The van der Waals surface area contributed by atoms with Gasteiger partial charge in [0, 0.05) is 19.0 Å².